The number of aryl methyl sites for hydroxylation is 2. The van der Waals surface area contributed by atoms with Crippen molar-refractivity contribution < 1.29 is 27.8 Å². The largest absolute Gasteiger partial charge is 0.491 e. The van der Waals surface area contributed by atoms with Crippen molar-refractivity contribution in [2.24, 2.45) is 5.41 Å². The number of benzene rings is 1. The minimum atomic E-state index is -3.77. The molecule has 0 aliphatic rings. The summed E-state index contributed by atoms with van der Waals surface area (Å²) in [4.78, 5) is 12.6. The molecular formula is C28H43NO6S2. The van der Waals surface area contributed by atoms with Gasteiger partial charge in [0.15, 0.2) is 0 Å². The molecular weight excluding hydrogens is 510 g/mol. The van der Waals surface area contributed by atoms with E-state index in [1.54, 1.807) is 13.8 Å². The summed E-state index contributed by atoms with van der Waals surface area (Å²) in [7, 11) is -3.77. The molecule has 1 atom stereocenters. The van der Waals surface area contributed by atoms with Gasteiger partial charge in [0.25, 0.3) is 0 Å². The number of carbonyl (C=O) groups is 1. The second-order valence-corrected chi connectivity index (χ2v) is 13.5. The van der Waals surface area contributed by atoms with Gasteiger partial charge in [-0.1, -0.05) is 46.8 Å². The fraction of sp³-hybridized carbons (Fsp3) is 0.607. The van der Waals surface area contributed by atoms with E-state index in [1.807, 2.05) is 45.9 Å². The molecule has 0 radical (unpaired) electrons. The first kappa shape index (κ1) is 31.3. The van der Waals surface area contributed by atoms with E-state index < -0.39 is 22.1 Å². The zero-order valence-corrected chi connectivity index (χ0v) is 25.1. The van der Waals surface area contributed by atoms with Crippen LogP contribution >= 0.6 is 11.3 Å². The van der Waals surface area contributed by atoms with Crippen molar-refractivity contribution in [1.82, 2.24) is 4.72 Å². The molecule has 208 valence electrons. The highest BCUT2D eigenvalue weighted by molar-refractivity contribution is 7.91. The van der Waals surface area contributed by atoms with Gasteiger partial charge in [0.05, 0.1) is 19.1 Å². The predicted octanol–water partition coefficient (Wildman–Crippen LogP) is 5.49. The standard InChI is InChI=1S/C28H43NO6S2/c1-9-28(10-2,21-12-13-22(19(4)16-21)35-18-23(30)27(6,7)8)24-17-20(5)26(36-24)37(32,33)29-15-14-25(31)34-11-3/h12-13,16-17,23,29-30H,9-11,14-15,18H2,1-8H3. The Morgan fingerprint density at radius 1 is 1.08 bits per heavy atom. The molecule has 0 amide bonds. The highest BCUT2D eigenvalue weighted by atomic mass is 32.2. The molecule has 0 spiro atoms. The smallest absolute Gasteiger partial charge is 0.307 e. The van der Waals surface area contributed by atoms with E-state index in [4.69, 9.17) is 9.47 Å². The summed E-state index contributed by atoms with van der Waals surface area (Å²) >= 11 is 1.28. The average Bonchev–Trinajstić information content (AvgIpc) is 3.22. The third kappa shape index (κ3) is 7.56. The number of ether oxygens (including phenoxy) is 2. The second kappa shape index (κ2) is 12.7. The summed E-state index contributed by atoms with van der Waals surface area (Å²) in [6.45, 7) is 16.1. The summed E-state index contributed by atoms with van der Waals surface area (Å²) < 4.78 is 39.7. The molecule has 0 saturated carbocycles. The van der Waals surface area contributed by atoms with Gasteiger partial charge in [-0.05, 0) is 67.9 Å². The zero-order valence-electron chi connectivity index (χ0n) is 23.4. The first-order valence-electron chi connectivity index (χ1n) is 12.9. The number of aliphatic hydroxyl groups is 1. The average molecular weight is 554 g/mol. The van der Waals surface area contributed by atoms with E-state index >= 15 is 0 Å². The topological polar surface area (TPSA) is 102 Å². The summed E-state index contributed by atoms with van der Waals surface area (Å²) in [5.74, 6) is 0.296. The maximum absolute atomic E-state index is 13.1. The van der Waals surface area contributed by atoms with Crippen LogP contribution in [0.4, 0.5) is 0 Å². The minimum Gasteiger partial charge on any atom is -0.491 e. The van der Waals surface area contributed by atoms with Crippen LogP contribution in [-0.4, -0.2) is 45.4 Å². The second-order valence-electron chi connectivity index (χ2n) is 10.5. The number of esters is 1. The lowest BCUT2D eigenvalue weighted by molar-refractivity contribution is -0.142. The Morgan fingerprint density at radius 2 is 1.73 bits per heavy atom. The molecule has 0 aliphatic heterocycles. The van der Waals surface area contributed by atoms with E-state index in [-0.39, 0.29) is 41.2 Å². The van der Waals surface area contributed by atoms with Crippen molar-refractivity contribution in [2.75, 3.05) is 19.8 Å². The van der Waals surface area contributed by atoms with E-state index in [0.717, 1.165) is 34.6 Å². The van der Waals surface area contributed by atoms with Crippen LogP contribution in [-0.2, 0) is 25.0 Å². The number of carbonyl (C=O) groups excluding carboxylic acids is 1. The molecule has 9 heteroatoms. The van der Waals surface area contributed by atoms with Crippen molar-refractivity contribution in [3.63, 3.8) is 0 Å². The van der Waals surface area contributed by atoms with Crippen LogP contribution < -0.4 is 9.46 Å². The van der Waals surface area contributed by atoms with Crippen LogP contribution in [0.2, 0.25) is 0 Å². The minimum absolute atomic E-state index is 0.00882. The molecule has 37 heavy (non-hydrogen) atoms. The Balaban J connectivity index is 2.33. The normalized spacial score (nSPS) is 13.4. The Morgan fingerprint density at radius 3 is 2.27 bits per heavy atom. The van der Waals surface area contributed by atoms with Gasteiger partial charge in [0, 0.05) is 16.8 Å². The number of rotatable bonds is 13. The van der Waals surface area contributed by atoms with Crippen LogP contribution in [0, 0.1) is 19.3 Å². The first-order chi connectivity index (χ1) is 17.2. The highest BCUT2D eigenvalue weighted by Gasteiger charge is 2.35. The number of sulfonamides is 1. The molecule has 2 aromatic rings. The summed E-state index contributed by atoms with van der Waals surface area (Å²) in [5, 5.41) is 10.3. The molecule has 0 saturated heterocycles. The lowest BCUT2D eigenvalue weighted by Gasteiger charge is -2.32. The van der Waals surface area contributed by atoms with Crippen LogP contribution in [0.3, 0.4) is 0 Å². The van der Waals surface area contributed by atoms with Gasteiger partial charge in [-0.3, -0.25) is 4.79 Å². The van der Waals surface area contributed by atoms with Gasteiger partial charge in [-0.25, -0.2) is 13.1 Å². The van der Waals surface area contributed by atoms with E-state index in [9.17, 15) is 18.3 Å². The maximum Gasteiger partial charge on any atom is 0.307 e. The molecule has 2 rings (SSSR count). The van der Waals surface area contributed by atoms with Crippen LogP contribution in [0.15, 0.2) is 28.5 Å². The number of aliphatic hydroxyl groups excluding tert-OH is 1. The number of nitrogens with one attached hydrogen (secondary N) is 1. The Labute approximate surface area is 226 Å². The number of thiophene rings is 1. The van der Waals surface area contributed by atoms with Crippen molar-refractivity contribution >= 4 is 27.3 Å². The van der Waals surface area contributed by atoms with Gasteiger partial charge in [0.1, 0.15) is 16.6 Å². The molecule has 1 aromatic heterocycles. The molecule has 2 N–H and O–H groups in total. The number of hydrogen-bond donors (Lipinski definition) is 2. The summed E-state index contributed by atoms with van der Waals surface area (Å²) in [5.41, 5.74) is 2.12. The van der Waals surface area contributed by atoms with Crippen LogP contribution in [0.1, 0.15) is 82.4 Å². The summed E-state index contributed by atoms with van der Waals surface area (Å²) in [6, 6.07) is 8.05. The lowest BCUT2D eigenvalue weighted by atomic mass is 9.74. The van der Waals surface area contributed by atoms with Crippen molar-refractivity contribution in [3.05, 3.63) is 45.8 Å². The van der Waals surface area contributed by atoms with Crippen LogP contribution in [0.25, 0.3) is 0 Å². The molecule has 7 nitrogen and oxygen atoms in total. The summed E-state index contributed by atoms with van der Waals surface area (Å²) in [6.07, 6.45) is 0.986. The maximum atomic E-state index is 13.1. The predicted molar refractivity (Wildman–Crippen MR) is 149 cm³/mol. The van der Waals surface area contributed by atoms with Gasteiger partial charge in [-0.15, -0.1) is 11.3 Å². The SMILES string of the molecule is CCOC(=O)CCNS(=O)(=O)c1sc(C(CC)(CC)c2ccc(OCC(O)C(C)(C)C)c(C)c2)cc1C. The van der Waals surface area contributed by atoms with Crippen LogP contribution in [0.5, 0.6) is 5.75 Å². The van der Waals surface area contributed by atoms with E-state index in [2.05, 4.69) is 24.6 Å². The fourth-order valence-corrected chi connectivity index (χ4v) is 7.36. The Bertz CT molecular complexity index is 1160. The highest BCUT2D eigenvalue weighted by Crippen LogP contribution is 2.45. The Hall–Kier alpha value is -1.94. The molecule has 0 bridgehead atoms. The van der Waals surface area contributed by atoms with Crippen molar-refractivity contribution in [3.8, 4) is 5.75 Å². The van der Waals surface area contributed by atoms with Gasteiger partial charge in [0.2, 0.25) is 10.0 Å². The lowest BCUT2D eigenvalue weighted by Crippen LogP contribution is -2.32. The molecule has 0 aliphatic carbocycles. The van der Waals surface area contributed by atoms with E-state index in [1.165, 1.54) is 11.3 Å². The first-order valence-corrected chi connectivity index (χ1v) is 15.2. The monoisotopic (exact) mass is 553 g/mol. The molecule has 1 heterocycles. The fourth-order valence-electron chi connectivity index (χ4n) is 4.23. The molecule has 1 unspecified atom stereocenters. The molecule has 1 aromatic carbocycles. The van der Waals surface area contributed by atoms with E-state index in [0.29, 0.717) is 5.56 Å². The third-order valence-corrected chi connectivity index (χ3v) is 10.4. The zero-order chi connectivity index (χ0) is 28.0. The molecule has 0 fully saturated rings. The number of hydrogen-bond acceptors (Lipinski definition) is 7. The Kier molecular flexibility index (Phi) is 10.8. The van der Waals surface area contributed by atoms with Gasteiger partial charge in [-0.2, -0.15) is 0 Å². The van der Waals surface area contributed by atoms with Gasteiger partial charge < -0.3 is 14.6 Å². The van der Waals surface area contributed by atoms with Crippen molar-refractivity contribution in [2.45, 2.75) is 90.4 Å². The van der Waals surface area contributed by atoms with Gasteiger partial charge >= 0.3 is 5.97 Å². The quantitative estimate of drug-likeness (QED) is 0.318. The van der Waals surface area contributed by atoms with Crippen molar-refractivity contribution in [1.29, 1.82) is 0 Å². The third-order valence-electron chi connectivity index (χ3n) is 6.85.